The van der Waals surface area contributed by atoms with Gasteiger partial charge >= 0.3 is 0 Å². The number of hydrogen-bond acceptors (Lipinski definition) is 5. The molecule has 0 spiro atoms. The van der Waals surface area contributed by atoms with Crippen LogP contribution in [0, 0.1) is 6.92 Å². The summed E-state index contributed by atoms with van der Waals surface area (Å²) in [5.74, 6) is 1.05. The van der Waals surface area contributed by atoms with Gasteiger partial charge in [-0.25, -0.2) is 9.67 Å². The second-order valence-electron chi connectivity index (χ2n) is 7.34. The van der Waals surface area contributed by atoms with Crippen molar-refractivity contribution in [2.24, 2.45) is 0 Å². The number of aromatic nitrogens is 5. The van der Waals surface area contributed by atoms with E-state index in [4.69, 9.17) is 0 Å². The third-order valence-electron chi connectivity index (χ3n) is 5.55. The predicted octanol–water partition coefficient (Wildman–Crippen LogP) is 1.75. The lowest BCUT2D eigenvalue weighted by molar-refractivity contribution is 0.480. The highest BCUT2D eigenvalue weighted by Gasteiger charge is 2.28. The zero-order chi connectivity index (χ0) is 17.7. The molecule has 0 radical (unpaired) electrons. The minimum Gasteiger partial charge on any atom is -0.352 e. The highest BCUT2D eigenvalue weighted by atomic mass is 16.1. The van der Waals surface area contributed by atoms with Gasteiger partial charge in [-0.15, -0.1) is 0 Å². The van der Waals surface area contributed by atoms with Crippen LogP contribution in [0.1, 0.15) is 36.2 Å². The molecule has 1 fully saturated rings. The molecule has 26 heavy (non-hydrogen) atoms. The van der Waals surface area contributed by atoms with E-state index in [1.807, 2.05) is 17.5 Å². The largest absolute Gasteiger partial charge is 0.352 e. The fraction of sp³-hybridized carbons (Fsp3) is 0.474. The third-order valence-corrected chi connectivity index (χ3v) is 5.55. The van der Waals surface area contributed by atoms with Crippen molar-refractivity contribution in [2.45, 2.75) is 51.6 Å². The third kappa shape index (κ3) is 2.50. The first-order valence-electron chi connectivity index (χ1n) is 9.37. The van der Waals surface area contributed by atoms with Crippen LogP contribution in [0.5, 0.6) is 0 Å². The molecule has 1 aliphatic heterocycles. The Balaban J connectivity index is 1.50. The average Bonchev–Trinajstić information content (AvgIpc) is 3.34. The van der Waals surface area contributed by atoms with Gasteiger partial charge in [0, 0.05) is 30.4 Å². The molecular formula is C19H22N6O. The molecule has 3 aromatic heterocycles. The van der Waals surface area contributed by atoms with Gasteiger partial charge in [0.15, 0.2) is 5.65 Å². The molecule has 0 aromatic carbocycles. The lowest BCUT2D eigenvalue weighted by atomic mass is 10.2. The van der Waals surface area contributed by atoms with Gasteiger partial charge in [0.1, 0.15) is 5.82 Å². The number of nitrogens with zero attached hydrogens (tertiary/aromatic N) is 6. The molecular weight excluding hydrogens is 328 g/mol. The second kappa shape index (κ2) is 5.93. The Bertz CT molecular complexity index is 1040. The van der Waals surface area contributed by atoms with E-state index in [0.29, 0.717) is 6.54 Å². The number of aryl methyl sites for hydroxylation is 3. The fourth-order valence-electron chi connectivity index (χ4n) is 4.32. The summed E-state index contributed by atoms with van der Waals surface area (Å²) < 4.78 is 3.56. The van der Waals surface area contributed by atoms with Gasteiger partial charge in [-0.3, -0.25) is 4.79 Å². The highest BCUT2D eigenvalue weighted by molar-refractivity contribution is 5.51. The summed E-state index contributed by atoms with van der Waals surface area (Å²) in [5, 5.41) is 9.10. The summed E-state index contributed by atoms with van der Waals surface area (Å²) in [6.45, 7) is 3.59. The Morgan fingerprint density at radius 1 is 1.23 bits per heavy atom. The zero-order valence-corrected chi connectivity index (χ0v) is 14.9. The van der Waals surface area contributed by atoms with Gasteiger partial charge in [-0.2, -0.15) is 14.7 Å². The van der Waals surface area contributed by atoms with Gasteiger partial charge in [0.25, 0.3) is 5.56 Å². The lowest BCUT2D eigenvalue weighted by Crippen LogP contribution is -2.38. The van der Waals surface area contributed by atoms with E-state index in [0.717, 1.165) is 67.1 Å². The summed E-state index contributed by atoms with van der Waals surface area (Å²) in [7, 11) is 0. The topological polar surface area (TPSA) is 68.3 Å². The van der Waals surface area contributed by atoms with Crippen molar-refractivity contribution in [3.05, 3.63) is 51.7 Å². The van der Waals surface area contributed by atoms with E-state index >= 15 is 0 Å². The molecule has 0 saturated carbocycles. The Morgan fingerprint density at radius 3 is 3.08 bits per heavy atom. The number of hydrogen-bond donors (Lipinski definition) is 0. The number of anilines is 1. The molecule has 4 heterocycles. The van der Waals surface area contributed by atoms with Gasteiger partial charge in [0.2, 0.25) is 0 Å². The molecule has 0 bridgehead atoms. The Kier molecular flexibility index (Phi) is 3.55. The van der Waals surface area contributed by atoms with Crippen molar-refractivity contribution in [3.8, 4) is 0 Å². The molecule has 3 aromatic rings. The van der Waals surface area contributed by atoms with Crippen molar-refractivity contribution in [2.75, 3.05) is 11.4 Å². The minimum absolute atomic E-state index is 0.0210. The Labute approximate surface area is 151 Å². The molecule has 134 valence electrons. The molecule has 1 unspecified atom stereocenters. The summed E-state index contributed by atoms with van der Waals surface area (Å²) in [6.07, 6.45) is 7.02. The van der Waals surface area contributed by atoms with Crippen molar-refractivity contribution in [1.82, 2.24) is 24.4 Å². The highest BCUT2D eigenvalue weighted by Crippen LogP contribution is 2.27. The first kappa shape index (κ1) is 15.5. The smallest absolute Gasteiger partial charge is 0.267 e. The van der Waals surface area contributed by atoms with Crippen LogP contribution >= 0.6 is 0 Å². The SMILES string of the molecule is Cc1cc(N2CCCC2Cn2nc3c(cc2=O)CCC3)n2nccc2n1. The molecule has 1 aliphatic carbocycles. The maximum atomic E-state index is 12.5. The van der Waals surface area contributed by atoms with Crippen LogP contribution in [0.2, 0.25) is 0 Å². The van der Waals surface area contributed by atoms with E-state index in [1.54, 1.807) is 16.9 Å². The summed E-state index contributed by atoms with van der Waals surface area (Å²) >= 11 is 0. The molecule has 7 nitrogen and oxygen atoms in total. The fourth-order valence-corrected chi connectivity index (χ4v) is 4.32. The van der Waals surface area contributed by atoms with Crippen LogP contribution < -0.4 is 10.5 Å². The predicted molar refractivity (Wildman–Crippen MR) is 98.6 cm³/mol. The lowest BCUT2D eigenvalue weighted by Gasteiger charge is -2.27. The molecule has 2 aliphatic rings. The minimum atomic E-state index is 0.0210. The van der Waals surface area contributed by atoms with Crippen LogP contribution in [0.3, 0.4) is 0 Å². The van der Waals surface area contributed by atoms with Gasteiger partial charge in [-0.05, 0) is 44.6 Å². The molecule has 0 amide bonds. The molecule has 5 rings (SSSR count). The van der Waals surface area contributed by atoms with E-state index in [2.05, 4.69) is 26.1 Å². The van der Waals surface area contributed by atoms with Crippen LogP contribution in [-0.2, 0) is 19.4 Å². The van der Waals surface area contributed by atoms with Crippen molar-refractivity contribution in [1.29, 1.82) is 0 Å². The van der Waals surface area contributed by atoms with E-state index in [1.165, 1.54) is 0 Å². The second-order valence-corrected chi connectivity index (χ2v) is 7.34. The van der Waals surface area contributed by atoms with Crippen molar-refractivity contribution >= 4 is 11.5 Å². The maximum Gasteiger partial charge on any atom is 0.267 e. The van der Waals surface area contributed by atoms with Crippen LogP contribution in [0.4, 0.5) is 5.82 Å². The molecule has 1 saturated heterocycles. The van der Waals surface area contributed by atoms with Gasteiger partial charge in [-0.1, -0.05) is 0 Å². The first-order chi connectivity index (χ1) is 12.7. The Morgan fingerprint density at radius 2 is 2.15 bits per heavy atom. The molecule has 1 atom stereocenters. The molecule has 7 heteroatoms. The molecule has 0 N–H and O–H groups in total. The first-order valence-corrected chi connectivity index (χ1v) is 9.37. The van der Waals surface area contributed by atoms with Crippen LogP contribution in [-0.4, -0.2) is 37.0 Å². The average molecular weight is 350 g/mol. The normalized spacial score (nSPS) is 19.4. The monoisotopic (exact) mass is 350 g/mol. The number of rotatable bonds is 3. The van der Waals surface area contributed by atoms with E-state index in [9.17, 15) is 4.79 Å². The zero-order valence-electron chi connectivity index (χ0n) is 14.9. The summed E-state index contributed by atoms with van der Waals surface area (Å²) in [6, 6.07) is 6.04. The standard InChI is InChI=1S/C19H22N6O/c1-13-10-18(25-17(21-13)7-8-20-25)23-9-3-5-15(23)12-24-19(26)11-14-4-2-6-16(14)22-24/h7-8,10-11,15H,2-6,9,12H2,1H3. The maximum absolute atomic E-state index is 12.5. The van der Waals surface area contributed by atoms with Gasteiger partial charge < -0.3 is 4.90 Å². The van der Waals surface area contributed by atoms with Crippen molar-refractivity contribution in [3.63, 3.8) is 0 Å². The van der Waals surface area contributed by atoms with Crippen molar-refractivity contribution < 1.29 is 0 Å². The number of fused-ring (bicyclic) bond motifs is 2. The van der Waals surface area contributed by atoms with Crippen LogP contribution in [0.15, 0.2) is 29.2 Å². The van der Waals surface area contributed by atoms with E-state index in [-0.39, 0.29) is 11.6 Å². The van der Waals surface area contributed by atoms with Crippen LogP contribution in [0.25, 0.3) is 5.65 Å². The van der Waals surface area contributed by atoms with Gasteiger partial charge in [0.05, 0.1) is 24.5 Å². The summed E-state index contributed by atoms with van der Waals surface area (Å²) in [4.78, 5) is 19.4. The quantitative estimate of drug-likeness (QED) is 0.720. The Hall–Kier alpha value is -2.70. The van der Waals surface area contributed by atoms with E-state index < -0.39 is 0 Å². The summed E-state index contributed by atoms with van der Waals surface area (Å²) in [5.41, 5.74) is 4.10.